The van der Waals surface area contributed by atoms with Gasteiger partial charge in [0.25, 0.3) is 5.91 Å². The predicted octanol–water partition coefficient (Wildman–Crippen LogP) is -0.471. The Morgan fingerprint density at radius 2 is 1.80 bits per heavy atom. The second-order valence-electron chi connectivity index (χ2n) is 8.97. The van der Waals surface area contributed by atoms with Crippen LogP contribution in [0, 0.1) is 0 Å². The second kappa shape index (κ2) is 12.0. The third-order valence-electron chi connectivity index (χ3n) is 6.00. The highest BCUT2D eigenvalue weighted by molar-refractivity contribution is 6.00. The number of benzene rings is 1. The number of ether oxygens (including phenoxy) is 2. The van der Waals surface area contributed by atoms with Crippen molar-refractivity contribution in [3.05, 3.63) is 29.8 Å². The number of nitrogens with one attached hydrogen (secondary N) is 2. The first-order chi connectivity index (χ1) is 16.7. The first kappa shape index (κ1) is 26.4. The van der Waals surface area contributed by atoms with Crippen molar-refractivity contribution in [2.45, 2.75) is 51.0 Å². The minimum absolute atomic E-state index is 0.0156. The van der Waals surface area contributed by atoms with Gasteiger partial charge in [0.05, 0.1) is 30.9 Å². The third-order valence-corrected chi connectivity index (χ3v) is 6.00. The lowest BCUT2D eigenvalue weighted by Crippen LogP contribution is -2.55. The van der Waals surface area contributed by atoms with Crippen molar-refractivity contribution < 1.29 is 33.8 Å². The number of nitrogens with zero attached hydrogens (tertiary/aromatic N) is 2. The van der Waals surface area contributed by atoms with Crippen LogP contribution in [0.25, 0.3) is 0 Å². The molecule has 0 aliphatic carbocycles. The fourth-order valence-electron chi connectivity index (χ4n) is 4.25. The van der Waals surface area contributed by atoms with Gasteiger partial charge in [-0.3, -0.25) is 19.2 Å². The van der Waals surface area contributed by atoms with E-state index in [-0.39, 0.29) is 49.7 Å². The molecule has 0 spiro atoms. The number of hydrogen-bond acceptors (Lipinski definition) is 7. The molecule has 3 rings (SSSR count). The smallest absolute Gasteiger partial charge is 0.255 e. The number of carbonyl (C=O) groups excluding carboxylic acids is 4. The molecule has 2 aliphatic heterocycles. The van der Waals surface area contributed by atoms with E-state index < -0.39 is 36.4 Å². The average molecular weight is 491 g/mol. The van der Waals surface area contributed by atoms with Gasteiger partial charge >= 0.3 is 0 Å². The van der Waals surface area contributed by atoms with Gasteiger partial charge in [-0.15, -0.1) is 0 Å². The molecule has 4 amide bonds. The summed E-state index contributed by atoms with van der Waals surface area (Å²) >= 11 is 0. The molecule has 192 valence electrons. The number of rotatable bonds is 2. The fraction of sp³-hybridized carbons (Fsp3) is 0.583. The van der Waals surface area contributed by atoms with E-state index in [2.05, 4.69) is 10.6 Å². The molecule has 0 aromatic heterocycles. The van der Waals surface area contributed by atoms with Crippen LogP contribution in [-0.4, -0.2) is 103 Å². The van der Waals surface area contributed by atoms with Gasteiger partial charge in [0, 0.05) is 26.6 Å². The second-order valence-corrected chi connectivity index (χ2v) is 8.97. The van der Waals surface area contributed by atoms with Gasteiger partial charge in [-0.1, -0.05) is 12.1 Å². The Balaban J connectivity index is 1.88. The van der Waals surface area contributed by atoms with E-state index in [9.17, 15) is 24.3 Å². The van der Waals surface area contributed by atoms with Crippen molar-refractivity contribution in [3.63, 3.8) is 0 Å². The molecule has 0 bridgehead atoms. The van der Waals surface area contributed by atoms with Crippen LogP contribution in [-0.2, 0) is 19.1 Å². The minimum atomic E-state index is -1.12. The predicted molar refractivity (Wildman–Crippen MR) is 126 cm³/mol. The van der Waals surface area contributed by atoms with Crippen LogP contribution in [0.2, 0.25) is 0 Å². The number of aliphatic hydroxyl groups is 1. The number of carbonyl (C=O) groups is 4. The van der Waals surface area contributed by atoms with Crippen LogP contribution in [0.15, 0.2) is 24.3 Å². The Labute approximate surface area is 204 Å². The largest absolute Gasteiger partial charge is 0.491 e. The van der Waals surface area contributed by atoms with E-state index in [1.165, 1.54) is 11.9 Å². The van der Waals surface area contributed by atoms with E-state index in [1.54, 1.807) is 29.2 Å². The summed E-state index contributed by atoms with van der Waals surface area (Å²) in [6, 6.07) is 4.54. The summed E-state index contributed by atoms with van der Waals surface area (Å²) in [5, 5.41) is 14.9. The van der Waals surface area contributed by atoms with Gasteiger partial charge in [0.2, 0.25) is 17.7 Å². The van der Waals surface area contributed by atoms with Crippen molar-refractivity contribution >= 4 is 23.6 Å². The monoisotopic (exact) mass is 490 g/mol. The van der Waals surface area contributed by atoms with Gasteiger partial charge in [-0.25, -0.2) is 0 Å². The Hall–Kier alpha value is -3.18. The van der Waals surface area contributed by atoms with Crippen LogP contribution in [0.5, 0.6) is 5.75 Å². The quantitative estimate of drug-likeness (QED) is 0.510. The molecule has 4 atom stereocenters. The molecular weight excluding hydrogens is 456 g/mol. The lowest BCUT2D eigenvalue weighted by molar-refractivity contribution is -0.145. The molecular formula is C24H34N4O7. The van der Waals surface area contributed by atoms with Crippen LogP contribution >= 0.6 is 0 Å². The maximum atomic E-state index is 13.4. The van der Waals surface area contributed by atoms with E-state index >= 15 is 0 Å². The van der Waals surface area contributed by atoms with Gasteiger partial charge in [0.15, 0.2) is 0 Å². The maximum Gasteiger partial charge on any atom is 0.255 e. The zero-order chi connectivity index (χ0) is 25.5. The van der Waals surface area contributed by atoms with E-state index in [1.807, 2.05) is 13.8 Å². The lowest BCUT2D eigenvalue weighted by atomic mass is 10.1. The highest BCUT2D eigenvalue weighted by Gasteiger charge is 2.33. The number of para-hydroxylation sites is 1. The van der Waals surface area contributed by atoms with E-state index in [0.29, 0.717) is 18.8 Å². The molecule has 11 heteroatoms. The fourth-order valence-corrected chi connectivity index (χ4v) is 4.25. The summed E-state index contributed by atoms with van der Waals surface area (Å²) < 4.78 is 11.5. The summed E-state index contributed by atoms with van der Waals surface area (Å²) in [5.74, 6) is -1.47. The van der Waals surface area contributed by atoms with Crippen molar-refractivity contribution in [2.24, 2.45) is 0 Å². The lowest BCUT2D eigenvalue weighted by Gasteiger charge is -2.37. The number of amides is 4. The SMILES string of the molecule is C[C@@H]1CN(C(=O)[C@@H]2CCC(=O)N[C@@H](CO)C(=O)N(C)CCOc3ccccc3C(=O)N2)C[C@H](C)O1. The molecule has 1 aromatic carbocycles. The molecule has 2 aliphatic rings. The topological polar surface area (TPSA) is 138 Å². The molecule has 35 heavy (non-hydrogen) atoms. The van der Waals surface area contributed by atoms with Gasteiger partial charge < -0.3 is 35.0 Å². The zero-order valence-electron chi connectivity index (χ0n) is 20.4. The highest BCUT2D eigenvalue weighted by Crippen LogP contribution is 2.20. The third kappa shape index (κ3) is 6.92. The van der Waals surface area contributed by atoms with Crippen LogP contribution in [0.1, 0.15) is 37.0 Å². The van der Waals surface area contributed by atoms with Crippen LogP contribution < -0.4 is 15.4 Å². The van der Waals surface area contributed by atoms with Gasteiger partial charge in [-0.05, 0) is 32.4 Å². The normalized spacial score (nSPS) is 27.0. The van der Waals surface area contributed by atoms with Gasteiger partial charge in [-0.2, -0.15) is 0 Å². The molecule has 3 N–H and O–H groups in total. The summed E-state index contributed by atoms with van der Waals surface area (Å²) in [6.45, 7) is 4.18. The molecule has 11 nitrogen and oxygen atoms in total. The molecule has 2 heterocycles. The van der Waals surface area contributed by atoms with Crippen molar-refractivity contribution in [3.8, 4) is 5.75 Å². The van der Waals surface area contributed by atoms with Crippen molar-refractivity contribution in [1.82, 2.24) is 20.4 Å². The Bertz CT molecular complexity index is 930. The zero-order valence-corrected chi connectivity index (χ0v) is 20.4. The molecule has 1 saturated heterocycles. The minimum Gasteiger partial charge on any atom is -0.491 e. The molecule has 0 saturated carbocycles. The first-order valence-electron chi connectivity index (χ1n) is 11.8. The van der Waals surface area contributed by atoms with Crippen LogP contribution in [0.3, 0.4) is 0 Å². The van der Waals surface area contributed by atoms with Crippen LogP contribution in [0.4, 0.5) is 0 Å². The Kier molecular flexibility index (Phi) is 9.05. The number of morpholine rings is 1. The standard InChI is InChI=1S/C24H34N4O7/c1-15-12-28(13-16(2)35-15)24(33)18-8-9-21(30)25-19(14-29)23(32)27(3)10-11-34-20-7-5-4-6-17(20)22(31)26-18/h4-7,15-16,18-19,29H,8-14H2,1-3H3,(H,25,30)(H,26,31)/t15-,16+,18-,19-/m0/s1. The number of fused-ring (bicyclic) bond motifs is 1. The maximum absolute atomic E-state index is 13.4. The Morgan fingerprint density at radius 1 is 1.11 bits per heavy atom. The van der Waals surface area contributed by atoms with Gasteiger partial charge in [0.1, 0.15) is 24.4 Å². The number of aliphatic hydroxyl groups excluding tert-OH is 1. The molecule has 0 unspecified atom stereocenters. The van der Waals surface area contributed by atoms with E-state index in [0.717, 1.165) is 0 Å². The molecule has 1 aromatic rings. The summed E-state index contributed by atoms with van der Waals surface area (Å²) in [6.07, 6.45) is -0.433. The van der Waals surface area contributed by atoms with Crippen molar-refractivity contribution in [2.75, 3.05) is 39.9 Å². The molecule has 0 radical (unpaired) electrons. The number of likely N-dealkylation sites (N-methyl/N-ethyl adjacent to an activating group) is 1. The summed E-state index contributed by atoms with van der Waals surface area (Å²) in [5.41, 5.74) is 0.246. The van der Waals surface area contributed by atoms with Crippen molar-refractivity contribution in [1.29, 1.82) is 0 Å². The number of hydrogen-bond donors (Lipinski definition) is 3. The van der Waals surface area contributed by atoms with E-state index in [4.69, 9.17) is 9.47 Å². The average Bonchev–Trinajstić information content (AvgIpc) is 2.83. The summed E-state index contributed by atoms with van der Waals surface area (Å²) in [7, 11) is 1.54. The molecule has 1 fully saturated rings. The summed E-state index contributed by atoms with van der Waals surface area (Å²) in [4.78, 5) is 54.8. The Morgan fingerprint density at radius 3 is 2.49 bits per heavy atom. The first-order valence-corrected chi connectivity index (χ1v) is 11.8. The highest BCUT2D eigenvalue weighted by atomic mass is 16.5.